The molecule has 0 spiro atoms. The Hall–Kier alpha value is -5.74. The number of pyridine rings is 1. The molecule has 0 bridgehead atoms. The van der Waals surface area contributed by atoms with E-state index in [0.717, 1.165) is 39.1 Å². The van der Waals surface area contributed by atoms with Gasteiger partial charge in [-0.25, -0.2) is 4.98 Å². The summed E-state index contributed by atoms with van der Waals surface area (Å²) in [5.74, 6) is 0.941. The van der Waals surface area contributed by atoms with Crippen molar-refractivity contribution in [3.63, 3.8) is 0 Å². The molecular formula is C39H26N4. The van der Waals surface area contributed by atoms with Crippen LogP contribution >= 0.6 is 0 Å². The van der Waals surface area contributed by atoms with Crippen LogP contribution < -0.4 is 0 Å². The van der Waals surface area contributed by atoms with Crippen molar-refractivity contribution in [3.05, 3.63) is 139 Å². The van der Waals surface area contributed by atoms with Gasteiger partial charge in [0.05, 0.1) is 22.1 Å². The molecule has 0 aliphatic heterocycles. The second kappa shape index (κ2) is 8.88. The zero-order chi connectivity index (χ0) is 28.7. The Morgan fingerprint density at radius 1 is 0.628 bits per heavy atom. The molecule has 0 saturated carbocycles. The fraction of sp³-hybridized carbons (Fsp3) is 0.0256. The van der Waals surface area contributed by atoms with Gasteiger partial charge >= 0.3 is 0 Å². The highest BCUT2D eigenvalue weighted by atomic mass is 15.1. The Bertz CT molecular complexity index is 2480. The molecule has 3 heterocycles. The summed E-state index contributed by atoms with van der Waals surface area (Å²) in [6, 6.07) is 39.4. The number of para-hydroxylation sites is 3. The molecule has 1 aliphatic carbocycles. The van der Waals surface area contributed by atoms with Crippen LogP contribution in [-0.2, 0) is 0 Å². The molecule has 1 aliphatic rings. The average molecular weight is 551 g/mol. The summed E-state index contributed by atoms with van der Waals surface area (Å²) in [5, 5.41) is 7.31. The Kier molecular flexibility index (Phi) is 4.94. The summed E-state index contributed by atoms with van der Waals surface area (Å²) < 4.78 is 4.71. The van der Waals surface area contributed by atoms with Crippen LogP contribution in [0.3, 0.4) is 0 Å². The molecule has 0 saturated heterocycles. The molecule has 0 N–H and O–H groups in total. The summed E-state index contributed by atoms with van der Waals surface area (Å²) >= 11 is 0. The monoisotopic (exact) mass is 550 g/mol. The van der Waals surface area contributed by atoms with Gasteiger partial charge in [0.15, 0.2) is 0 Å². The molecule has 5 aromatic carbocycles. The fourth-order valence-corrected chi connectivity index (χ4v) is 7.20. The normalized spacial score (nSPS) is 13.1. The number of benzene rings is 5. The van der Waals surface area contributed by atoms with Crippen LogP contribution in [0, 0.1) is 0 Å². The third-order valence-corrected chi connectivity index (χ3v) is 9.04. The highest BCUT2D eigenvalue weighted by Crippen LogP contribution is 2.45. The van der Waals surface area contributed by atoms with Crippen LogP contribution in [0.15, 0.2) is 133 Å². The Morgan fingerprint density at radius 3 is 1.93 bits per heavy atom. The number of aromatic nitrogens is 3. The first-order chi connectivity index (χ1) is 21.2. The minimum absolute atomic E-state index is 0.941. The zero-order valence-electron chi connectivity index (χ0n) is 23.6. The van der Waals surface area contributed by atoms with Crippen molar-refractivity contribution < 1.29 is 0 Å². The van der Waals surface area contributed by atoms with Crippen molar-refractivity contribution in [2.24, 2.45) is 4.99 Å². The smallest absolute Gasteiger partial charge is 0.145 e. The van der Waals surface area contributed by atoms with Crippen molar-refractivity contribution in [1.29, 1.82) is 0 Å². The lowest BCUT2D eigenvalue weighted by atomic mass is 10.0. The molecule has 8 aromatic rings. The van der Waals surface area contributed by atoms with Crippen LogP contribution in [0.25, 0.3) is 77.0 Å². The SMILES string of the molecule is C=N/C=C\C1=C(C)c2cccc3c(-n4c5ccccc5c5cc(-n6c7ccccc7c7ccccc76)ccc54)ncc1c23. The molecule has 4 heteroatoms. The number of aliphatic imine (C=N–C) groups is 1. The molecule has 4 nitrogen and oxygen atoms in total. The van der Waals surface area contributed by atoms with Crippen LogP contribution in [0.2, 0.25) is 0 Å². The van der Waals surface area contributed by atoms with E-state index >= 15 is 0 Å². The first kappa shape index (κ1) is 23.9. The third kappa shape index (κ3) is 3.20. The number of nitrogens with zero attached hydrogens (tertiary/aromatic N) is 4. The van der Waals surface area contributed by atoms with Gasteiger partial charge in [-0.15, -0.1) is 0 Å². The van der Waals surface area contributed by atoms with Gasteiger partial charge in [0.1, 0.15) is 5.82 Å². The molecule has 0 amide bonds. The quantitative estimate of drug-likeness (QED) is 0.201. The van der Waals surface area contributed by atoms with Crippen LogP contribution in [-0.4, -0.2) is 20.8 Å². The van der Waals surface area contributed by atoms with Gasteiger partial charge in [-0.05, 0) is 72.8 Å². The van der Waals surface area contributed by atoms with Crippen molar-refractivity contribution in [2.75, 3.05) is 0 Å². The second-order valence-corrected chi connectivity index (χ2v) is 11.2. The molecular weight excluding hydrogens is 524 g/mol. The van der Waals surface area contributed by atoms with Crippen molar-refractivity contribution in [2.45, 2.75) is 6.92 Å². The first-order valence-electron chi connectivity index (χ1n) is 14.5. The number of allylic oxidation sites excluding steroid dienone is 3. The molecule has 9 rings (SSSR count). The van der Waals surface area contributed by atoms with Gasteiger partial charge in [-0.2, -0.15) is 0 Å². The standard InChI is InChI=1S/C39H26N4/c1-24-26(20-21-40-2)33-23-41-39(31-14-9-13-27(24)38(31)33)43-36-17-8-5-12-30(36)32-22-25(18-19-37(32)43)42-34-15-6-3-10-28(34)29-11-4-7-16-35(29)42/h3-23H,2H2,1H3/b21-20-. The average Bonchev–Trinajstić information content (AvgIpc) is 3.66. The molecule has 0 fully saturated rings. The van der Waals surface area contributed by atoms with E-state index < -0.39 is 0 Å². The predicted molar refractivity (Wildman–Crippen MR) is 182 cm³/mol. The van der Waals surface area contributed by atoms with Crippen LogP contribution in [0.4, 0.5) is 0 Å². The second-order valence-electron chi connectivity index (χ2n) is 11.2. The van der Waals surface area contributed by atoms with E-state index in [0.29, 0.717) is 0 Å². The first-order valence-corrected chi connectivity index (χ1v) is 14.5. The Labute approximate surface area is 248 Å². The van der Waals surface area contributed by atoms with Crippen molar-refractivity contribution in [1.82, 2.24) is 14.1 Å². The minimum atomic E-state index is 0.941. The maximum atomic E-state index is 5.14. The van der Waals surface area contributed by atoms with Gasteiger partial charge in [0.25, 0.3) is 0 Å². The number of rotatable bonds is 4. The predicted octanol–water partition coefficient (Wildman–Crippen LogP) is 9.89. The molecule has 3 aromatic heterocycles. The Balaban J connectivity index is 1.33. The van der Waals surface area contributed by atoms with E-state index in [1.165, 1.54) is 49.1 Å². The molecule has 202 valence electrons. The summed E-state index contributed by atoms with van der Waals surface area (Å²) in [7, 11) is 0. The molecule has 0 unspecified atom stereocenters. The van der Waals surface area contributed by atoms with Gasteiger partial charge in [0, 0.05) is 56.0 Å². The molecule has 0 atom stereocenters. The minimum Gasteiger partial charge on any atom is -0.309 e. The maximum absolute atomic E-state index is 5.14. The van der Waals surface area contributed by atoms with E-state index in [-0.39, 0.29) is 0 Å². The van der Waals surface area contributed by atoms with Gasteiger partial charge in [-0.3, -0.25) is 9.56 Å². The number of hydrogen-bond donors (Lipinski definition) is 0. The number of hydrogen-bond acceptors (Lipinski definition) is 2. The third-order valence-electron chi connectivity index (χ3n) is 9.04. The van der Waals surface area contributed by atoms with E-state index in [4.69, 9.17) is 4.98 Å². The van der Waals surface area contributed by atoms with E-state index in [9.17, 15) is 0 Å². The highest BCUT2D eigenvalue weighted by molar-refractivity contribution is 6.18. The summed E-state index contributed by atoms with van der Waals surface area (Å²) in [4.78, 5) is 9.10. The van der Waals surface area contributed by atoms with Crippen LogP contribution in [0.5, 0.6) is 0 Å². The van der Waals surface area contributed by atoms with Crippen LogP contribution in [0.1, 0.15) is 18.1 Å². The van der Waals surface area contributed by atoms with Gasteiger partial charge in [-0.1, -0.05) is 72.8 Å². The van der Waals surface area contributed by atoms with Gasteiger partial charge < -0.3 is 4.57 Å². The fourth-order valence-electron chi connectivity index (χ4n) is 7.20. The maximum Gasteiger partial charge on any atom is 0.145 e. The van der Waals surface area contributed by atoms with E-state index in [2.05, 4.69) is 137 Å². The lowest BCUT2D eigenvalue weighted by molar-refractivity contribution is 1.10. The lowest BCUT2D eigenvalue weighted by Crippen LogP contribution is -2.00. The van der Waals surface area contributed by atoms with E-state index in [1.807, 2.05) is 12.3 Å². The van der Waals surface area contributed by atoms with Gasteiger partial charge in [0.2, 0.25) is 0 Å². The van der Waals surface area contributed by atoms with Crippen molar-refractivity contribution >= 4 is 72.2 Å². The Morgan fingerprint density at radius 2 is 1.23 bits per heavy atom. The molecule has 0 radical (unpaired) electrons. The topological polar surface area (TPSA) is 35.1 Å². The largest absolute Gasteiger partial charge is 0.309 e. The van der Waals surface area contributed by atoms with Crippen molar-refractivity contribution in [3.8, 4) is 11.5 Å². The van der Waals surface area contributed by atoms with E-state index in [1.54, 1.807) is 6.20 Å². The summed E-state index contributed by atoms with van der Waals surface area (Å²) in [6.45, 7) is 5.80. The highest BCUT2D eigenvalue weighted by Gasteiger charge is 2.24. The summed E-state index contributed by atoms with van der Waals surface area (Å²) in [6.07, 6.45) is 5.81. The lowest BCUT2D eigenvalue weighted by Gasteiger charge is -2.13. The zero-order valence-corrected chi connectivity index (χ0v) is 23.6. The molecule has 43 heavy (non-hydrogen) atoms. The number of fused-ring (bicyclic) bond motifs is 6. The summed E-state index contributed by atoms with van der Waals surface area (Å²) in [5.41, 5.74) is 10.6.